The molecule has 0 aliphatic rings. The molecule has 2 rings (SSSR count). The molecule has 0 saturated heterocycles. The zero-order chi connectivity index (χ0) is 9.42. The van der Waals surface area contributed by atoms with Crippen molar-refractivity contribution in [2.24, 2.45) is 0 Å². The number of anilines is 1. The second-order valence-electron chi connectivity index (χ2n) is 2.64. The Labute approximate surface area is 79.3 Å². The van der Waals surface area contributed by atoms with Gasteiger partial charge in [-0.15, -0.1) is 0 Å². The monoisotopic (exact) mass is 192 g/mol. The number of nitriles is 1. The van der Waals surface area contributed by atoms with Crippen molar-refractivity contribution in [2.75, 3.05) is 5.73 Å². The first-order valence-electron chi connectivity index (χ1n) is 3.59. The predicted molar refractivity (Wildman–Crippen MR) is 50.4 cm³/mol. The predicted octanol–water partition coefficient (Wildman–Crippen LogP) is 2.54. The molecule has 4 heteroatoms. The summed E-state index contributed by atoms with van der Waals surface area (Å²) in [5.74, 6) is 0.240. The lowest BCUT2D eigenvalue weighted by Gasteiger charge is -1.94. The quantitative estimate of drug-likeness (QED) is 0.653. The van der Waals surface area contributed by atoms with Crippen LogP contribution in [-0.2, 0) is 0 Å². The molecule has 0 saturated carbocycles. The Morgan fingerprint density at radius 2 is 2.15 bits per heavy atom. The number of fused-ring (bicyclic) bond motifs is 1. The molecule has 1 heterocycles. The van der Waals surface area contributed by atoms with E-state index >= 15 is 0 Å². The highest BCUT2D eigenvalue weighted by Crippen LogP contribution is 2.28. The second kappa shape index (κ2) is 2.68. The molecule has 2 aromatic rings. The zero-order valence-electron chi connectivity index (χ0n) is 6.54. The summed E-state index contributed by atoms with van der Waals surface area (Å²) in [5, 5.41) is 9.87. The van der Waals surface area contributed by atoms with E-state index in [0.29, 0.717) is 16.3 Å². The van der Waals surface area contributed by atoms with Gasteiger partial charge in [0.2, 0.25) is 5.76 Å². The third-order valence-corrected chi connectivity index (χ3v) is 1.94. The summed E-state index contributed by atoms with van der Waals surface area (Å²) in [4.78, 5) is 0. The molecule has 1 aromatic carbocycles. The first kappa shape index (κ1) is 7.96. The summed E-state index contributed by atoms with van der Waals surface area (Å²) in [6, 6.07) is 6.80. The molecule has 0 bridgehead atoms. The molecular weight excluding hydrogens is 188 g/mol. The van der Waals surface area contributed by atoms with Crippen molar-refractivity contribution >= 4 is 28.3 Å². The molecule has 1 aromatic heterocycles. The number of halogens is 1. The van der Waals surface area contributed by atoms with Crippen molar-refractivity contribution in [3.8, 4) is 6.07 Å². The minimum absolute atomic E-state index is 0.240. The minimum atomic E-state index is 0.240. The molecular formula is C9H5ClN2O. The SMILES string of the molecule is N#Cc1cc2cc(Cl)cc(N)c2o1. The van der Waals surface area contributed by atoms with Gasteiger partial charge >= 0.3 is 0 Å². The lowest BCUT2D eigenvalue weighted by molar-refractivity contribution is 0.601. The van der Waals surface area contributed by atoms with Gasteiger partial charge in [-0.05, 0) is 12.1 Å². The Hall–Kier alpha value is -1.66. The van der Waals surface area contributed by atoms with Crippen LogP contribution in [0.15, 0.2) is 22.6 Å². The molecule has 0 aliphatic carbocycles. The molecule has 13 heavy (non-hydrogen) atoms. The average Bonchev–Trinajstić information content (AvgIpc) is 2.47. The first-order valence-corrected chi connectivity index (χ1v) is 3.97. The molecule has 0 radical (unpaired) electrons. The Morgan fingerprint density at radius 3 is 2.85 bits per heavy atom. The van der Waals surface area contributed by atoms with Crippen LogP contribution in [0.25, 0.3) is 11.0 Å². The van der Waals surface area contributed by atoms with Crippen LogP contribution in [0.1, 0.15) is 5.76 Å². The van der Waals surface area contributed by atoms with Gasteiger partial charge in [-0.2, -0.15) is 5.26 Å². The Morgan fingerprint density at radius 1 is 1.38 bits per heavy atom. The Bertz CT molecular complexity index is 510. The number of furan rings is 1. The van der Waals surface area contributed by atoms with Crippen molar-refractivity contribution < 1.29 is 4.42 Å². The standard InChI is InChI=1S/C9H5ClN2O/c10-6-1-5-2-7(4-11)13-9(5)8(12)3-6/h1-3H,12H2. The third kappa shape index (κ3) is 1.21. The van der Waals surface area contributed by atoms with Gasteiger partial charge in [0.05, 0.1) is 5.69 Å². The van der Waals surface area contributed by atoms with Crippen molar-refractivity contribution in [1.82, 2.24) is 0 Å². The van der Waals surface area contributed by atoms with E-state index in [-0.39, 0.29) is 5.76 Å². The van der Waals surface area contributed by atoms with Crippen LogP contribution in [0.2, 0.25) is 5.02 Å². The van der Waals surface area contributed by atoms with E-state index in [2.05, 4.69) is 0 Å². The average molecular weight is 193 g/mol. The van der Waals surface area contributed by atoms with Crippen molar-refractivity contribution in [1.29, 1.82) is 5.26 Å². The molecule has 0 amide bonds. The first-order chi connectivity index (χ1) is 6.20. The number of hydrogen-bond acceptors (Lipinski definition) is 3. The van der Waals surface area contributed by atoms with Gasteiger partial charge in [0.25, 0.3) is 0 Å². The van der Waals surface area contributed by atoms with Crippen LogP contribution in [0.5, 0.6) is 0 Å². The molecule has 3 nitrogen and oxygen atoms in total. The van der Waals surface area contributed by atoms with Crippen molar-refractivity contribution in [3.63, 3.8) is 0 Å². The number of hydrogen-bond donors (Lipinski definition) is 1. The van der Waals surface area contributed by atoms with Crippen LogP contribution < -0.4 is 5.73 Å². The number of nitrogens with two attached hydrogens (primary N) is 1. The van der Waals surface area contributed by atoms with Crippen LogP contribution in [-0.4, -0.2) is 0 Å². The van der Waals surface area contributed by atoms with Gasteiger partial charge in [0.1, 0.15) is 6.07 Å². The fourth-order valence-electron chi connectivity index (χ4n) is 1.20. The lowest BCUT2D eigenvalue weighted by atomic mass is 10.2. The molecule has 0 spiro atoms. The smallest absolute Gasteiger partial charge is 0.204 e. The molecule has 2 N–H and O–H groups in total. The number of nitrogen functional groups attached to an aromatic ring is 1. The lowest BCUT2D eigenvalue weighted by Crippen LogP contribution is -1.83. The topological polar surface area (TPSA) is 63.0 Å². The van der Waals surface area contributed by atoms with Gasteiger partial charge in [-0.25, -0.2) is 0 Å². The van der Waals surface area contributed by atoms with Gasteiger partial charge in [0, 0.05) is 16.5 Å². The normalized spacial score (nSPS) is 10.2. The van der Waals surface area contributed by atoms with Crippen LogP contribution >= 0.6 is 11.6 Å². The molecule has 0 atom stereocenters. The van der Waals surface area contributed by atoms with Crippen molar-refractivity contribution in [3.05, 3.63) is 29.0 Å². The van der Waals surface area contributed by atoms with Crippen LogP contribution in [0.4, 0.5) is 5.69 Å². The third-order valence-electron chi connectivity index (χ3n) is 1.72. The molecule has 0 fully saturated rings. The summed E-state index contributed by atoms with van der Waals surface area (Å²) in [6.07, 6.45) is 0. The Balaban J connectivity index is 2.84. The maximum absolute atomic E-state index is 8.58. The maximum atomic E-state index is 8.58. The molecule has 64 valence electrons. The fraction of sp³-hybridized carbons (Fsp3) is 0. The highest BCUT2D eigenvalue weighted by molar-refractivity contribution is 6.31. The molecule has 0 aliphatic heterocycles. The number of benzene rings is 1. The summed E-state index contributed by atoms with van der Waals surface area (Å²) in [6.45, 7) is 0. The fourth-order valence-corrected chi connectivity index (χ4v) is 1.43. The minimum Gasteiger partial charge on any atom is -0.443 e. The van der Waals surface area contributed by atoms with Crippen LogP contribution in [0.3, 0.4) is 0 Å². The summed E-state index contributed by atoms with van der Waals surface area (Å²) < 4.78 is 5.16. The second-order valence-corrected chi connectivity index (χ2v) is 3.07. The Kier molecular flexibility index (Phi) is 1.64. The van der Waals surface area contributed by atoms with E-state index in [0.717, 1.165) is 5.39 Å². The summed E-state index contributed by atoms with van der Waals surface area (Å²) in [5.41, 5.74) is 6.60. The van der Waals surface area contributed by atoms with E-state index in [9.17, 15) is 0 Å². The van der Waals surface area contributed by atoms with Gasteiger partial charge < -0.3 is 10.2 Å². The highest BCUT2D eigenvalue weighted by atomic mass is 35.5. The van der Waals surface area contributed by atoms with Crippen LogP contribution in [0, 0.1) is 11.3 Å². The number of nitrogens with zero attached hydrogens (tertiary/aromatic N) is 1. The van der Waals surface area contributed by atoms with E-state index in [1.807, 2.05) is 6.07 Å². The van der Waals surface area contributed by atoms with Gasteiger partial charge in [-0.3, -0.25) is 0 Å². The van der Waals surface area contributed by atoms with E-state index < -0.39 is 0 Å². The largest absolute Gasteiger partial charge is 0.443 e. The van der Waals surface area contributed by atoms with E-state index in [1.54, 1.807) is 18.2 Å². The zero-order valence-corrected chi connectivity index (χ0v) is 7.30. The van der Waals surface area contributed by atoms with Gasteiger partial charge in [0.15, 0.2) is 5.58 Å². The summed E-state index contributed by atoms with van der Waals surface area (Å²) >= 11 is 5.77. The van der Waals surface area contributed by atoms with E-state index in [4.69, 9.17) is 27.0 Å². The van der Waals surface area contributed by atoms with E-state index in [1.165, 1.54) is 0 Å². The summed E-state index contributed by atoms with van der Waals surface area (Å²) in [7, 11) is 0. The number of rotatable bonds is 0. The van der Waals surface area contributed by atoms with Crippen molar-refractivity contribution in [2.45, 2.75) is 0 Å². The molecule has 0 unspecified atom stereocenters. The van der Waals surface area contributed by atoms with Gasteiger partial charge in [-0.1, -0.05) is 11.6 Å². The highest BCUT2D eigenvalue weighted by Gasteiger charge is 2.06. The maximum Gasteiger partial charge on any atom is 0.204 e.